The van der Waals surface area contributed by atoms with E-state index in [1.165, 1.54) is 0 Å². The van der Waals surface area contributed by atoms with Crippen LogP contribution in [-0.4, -0.2) is 34.0 Å². The van der Waals surface area contributed by atoms with Crippen molar-refractivity contribution in [1.29, 1.82) is 0 Å². The van der Waals surface area contributed by atoms with Crippen LogP contribution in [0.25, 0.3) is 0 Å². The van der Waals surface area contributed by atoms with Gasteiger partial charge in [-0.3, -0.25) is 0 Å². The van der Waals surface area contributed by atoms with E-state index >= 15 is 0 Å². The minimum absolute atomic E-state index is 0.433. The zero-order valence-electron chi connectivity index (χ0n) is 14.5. The Bertz CT molecular complexity index is 631. The van der Waals surface area contributed by atoms with Gasteiger partial charge in [-0.15, -0.1) is 0 Å². The number of benzene rings is 2. The maximum absolute atomic E-state index is 5.80. The molecule has 0 bridgehead atoms. The zero-order chi connectivity index (χ0) is 17.2. The van der Waals surface area contributed by atoms with E-state index in [1.807, 2.05) is 56.4 Å². The lowest BCUT2D eigenvalue weighted by Gasteiger charge is -2.14. The number of nitrogens with one attached hydrogen (secondary N) is 1. The van der Waals surface area contributed by atoms with Crippen molar-refractivity contribution in [2.75, 3.05) is 34.0 Å². The largest absolute Gasteiger partial charge is 0.497 e. The molecule has 2 aromatic carbocycles. The summed E-state index contributed by atoms with van der Waals surface area (Å²) in [6.45, 7) is 4.22. The van der Waals surface area contributed by atoms with Crippen molar-refractivity contribution in [3.05, 3.63) is 48.0 Å². The molecule has 0 saturated carbocycles. The molecule has 0 aliphatic rings. The number of hydrogen-bond donors (Lipinski definition) is 1. The van der Waals surface area contributed by atoms with E-state index in [2.05, 4.69) is 5.32 Å². The van der Waals surface area contributed by atoms with Gasteiger partial charge >= 0.3 is 0 Å². The van der Waals surface area contributed by atoms with Gasteiger partial charge in [0.25, 0.3) is 0 Å². The third kappa shape index (κ3) is 5.35. The number of rotatable bonds is 10. The van der Waals surface area contributed by atoms with Gasteiger partial charge in [-0.05, 0) is 43.8 Å². The van der Waals surface area contributed by atoms with E-state index in [4.69, 9.17) is 18.9 Å². The Hall–Kier alpha value is -2.40. The summed E-state index contributed by atoms with van der Waals surface area (Å²) in [5, 5.41) is 3.13. The Balaban J connectivity index is 1.88. The Morgan fingerprint density at radius 3 is 2.42 bits per heavy atom. The van der Waals surface area contributed by atoms with E-state index < -0.39 is 0 Å². The van der Waals surface area contributed by atoms with Gasteiger partial charge in [-0.2, -0.15) is 0 Å². The van der Waals surface area contributed by atoms with Gasteiger partial charge < -0.3 is 24.3 Å². The molecule has 5 heteroatoms. The maximum Gasteiger partial charge on any atom is 0.161 e. The topological polar surface area (TPSA) is 49.0 Å². The predicted octanol–water partition coefficient (Wildman–Crippen LogP) is 3.27. The SMILES string of the molecule is CCOc1cc(CNC)ccc1OCCOc1cccc(OC)c1. The van der Waals surface area contributed by atoms with Crippen molar-refractivity contribution in [2.24, 2.45) is 0 Å². The van der Waals surface area contributed by atoms with Crippen LogP contribution >= 0.6 is 0 Å². The molecule has 2 aromatic rings. The smallest absolute Gasteiger partial charge is 0.161 e. The molecule has 5 nitrogen and oxygen atoms in total. The van der Waals surface area contributed by atoms with E-state index in [0.29, 0.717) is 19.8 Å². The Morgan fingerprint density at radius 1 is 0.875 bits per heavy atom. The molecule has 0 fully saturated rings. The molecular formula is C19H25NO4. The highest BCUT2D eigenvalue weighted by Crippen LogP contribution is 2.28. The van der Waals surface area contributed by atoms with Crippen LogP contribution in [0.4, 0.5) is 0 Å². The van der Waals surface area contributed by atoms with Crippen LogP contribution in [0.5, 0.6) is 23.0 Å². The van der Waals surface area contributed by atoms with Gasteiger partial charge in [-0.1, -0.05) is 12.1 Å². The van der Waals surface area contributed by atoms with Crippen LogP contribution < -0.4 is 24.3 Å². The lowest BCUT2D eigenvalue weighted by atomic mass is 10.2. The molecule has 0 saturated heterocycles. The van der Waals surface area contributed by atoms with Gasteiger partial charge in [0.2, 0.25) is 0 Å². The first-order valence-corrected chi connectivity index (χ1v) is 8.06. The highest BCUT2D eigenvalue weighted by atomic mass is 16.5. The van der Waals surface area contributed by atoms with Crippen LogP contribution in [0.3, 0.4) is 0 Å². The first-order chi connectivity index (χ1) is 11.8. The van der Waals surface area contributed by atoms with Gasteiger partial charge in [0.1, 0.15) is 24.7 Å². The molecule has 0 aromatic heterocycles. The van der Waals surface area contributed by atoms with Crippen molar-refractivity contribution in [2.45, 2.75) is 13.5 Å². The van der Waals surface area contributed by atoms with E-state index in [9.17, 15) is 0 Å². The molecule has 0 unspecified atom stereocenters. The number of ether oxygens (including phenoxy) is 4. The van der Waals surface area contributed by atoms with Crippen LogP contribution in [0.15, 0.2) is 42.5 Å². The molecule has 24 heavy (non-hydrogen) atoms. The molecule has 0 amide bonds. The number of hydrogen-bond acceptors (Lipinski definition) is 5. The molecule has 2 rings (SSSR count). The van der Waals surface area contributed by atoms with Crippen LogP contribution in [0.2, 0.25) is 0 Å². The van der Waals surface area contributed by atoms with E-state index in [-0.39, 0.29) is 0 Å². The summed E-state index contributed by atoms with van der Waals surface area (Å²) in [7, 11) is 3.55. The monoisotopic (exact) mass is 331 g/mol. The van der Waals surface area contributed by atoms with Crippen molar-refractivity contribution in [3.8, 4) is 23.0 Å². The van der Waals surface area contributed by atoms with Crippen LogP contribution in [0.1, 0.15) is 12.5 Å². The minimum atomic E-state index is 0.433. The molecular weight excluding hydrogens is 306 g/mol. The third-order valence-corrected chi connectivity index (χ3v) is 3.34. The summed E-state index contributed by atoms with van der Waals surface area (Å²) < 4.78 is 22.3. The fourth-order valence-electron chi connectivity index (χ4n) is 2.26. The molecule has 0 radical (unpaired) electrons. The zero-order valence-corrected chi connectivity index (χ0v) is 14.5. The summed E-state index contributed by atoms with van der Waals surface area (Å²) in [6.07, 6.45) is 0. The van der Waals surface area contributed by atoms with Gasteiger partial charge in [0, 0.05) is 12.6 Å². The lowest BCUT2D eigenvalue weighted by Crippen LogP contribution is -2.10. The second-order valence-corrected chi connectivity index (χ2v) is 5.12. The number of methoxy groups -OCH3 is 1. The van der Waals surface area contributed by atoms with E-state index in [0.717, 1.165) is 35.1 Å². The molecule has 0 aliphatic carbocycles. The Morgan fingerprint density at radius 2 is 1.67 bits per heavy atom. The quantitative estimate of drug-likeness (QED) is 0.677. The molecule has 0 atom stereocenters. The molecule has 0 aliphatic heterocycles. The normalized spacial score (nSPS) is 10.3. The average Bonchev–Trinajstić information content (AvgIpc) is 2.61. The highest BCUT2D eigenvalue weighted by Gasteiger charge is 2.06. The summed E-state index contributed by atoms with van der Waals surface area (Å²) in [6, 6.07) is 13.5. The summed E-state index contributed by atoms with van der Waals surface area (Å²) >= 11 is 0. The molecule has 130 valence electrons. The van der Waals surface area contributed by atoms with Crippen molar-refractivity contribution < 1.29 is 18.9 Å². The lowest BCUT2D eigenvalue weighted by molar-refractivity contribution is 0.208. The van der Waals surface area contributed by atoms with Gasteiger partial charge in [0.05, 0.1) is 13.7 Å². The summed E-state index contributed by atoms with van der Waals surface area (Å²) in [4.78, 5) is 0. The Kier molecular flexibility index (Phi) is 7.23. The van der Waals surface area contributed by atoms with Crippen molar-refractivity contribution in [1.82, 2.24) is 5.32 Å². The molecule has 1 N–H and O–H groups in total. The Labute approximate surface area is 143 Å². The molecule has 0 spiro atoms. The third-order valence-electron chi connectivity index (χ3n) is 3.34. The average molecular weight is 331 g/mol. The van der Waals surface area contributed by atoms with Gasteiger partial charge in [0.15, 0.2) is 11.5 Å². The minimum Gasteiger partial charge on any atom is -0.497 e. The van der Waals surface area contributed by atoms with Crippen LogP contribution in [-0.2, 0) is 6.54 Å². The van der Waals surface area contributed by atoms with Crippen LogP contribution in [0, 0.1) is 0 Å². The summed E-state index contributed by atoms with van der Waals surface area (Å²) in [5.41, 5.74) is 1.15. The highest BCUT2D eigenvalue weighted by molar-refractivity contribution is 5.43. The van der Waals surface area contributed by atoms with E-state index in [1.54, 1.807) is 7.11 Å². The summed E-state index contributed by atoms with van der Waals surface area (Å²) in [5.74, 6) is 3.01. The van der Waals surface area contributed by atoms with Crippen molar-refractivity contribution in [3.63, 3.8) is 0 Å². The predicted molar refractivity (Wildman–Crippen MR) is 94.4 cm³/mol. The standard InChI is InChI=1S/C19H25NO4/c1-4-22-19-12-15(14-20-2)8-9-18(19)24-11-10-23-17-7-5-6-16(13-17)21-3/h5-9,12-13,20H,4,10-11,14H2,1-3H3. The fraction of sp³-hybridized carbons (Fsp3) is 0.368. The fourth-order valence-corrected chi connectivity index (χ4v) is 2.26. The second kappa shape index (κ2) is 9.67. The first kappa shape index (κ1) is 17.9. The first-order valence-electron chi connectivity index (χ1n) is 8.06. The second-order valence-electron chi connectivity index (χ2n) is 5.12. The van der Waals surface area contributed by atoms with Gasteiger partial charge in [-0.25, -0.2) is 0 Å². The molecule has 0 heterocycles. The maximum atomic E-state index is 5.80. The van der Waals surface area contributed by atoms with Crippen molar-refractivity contribution >= 4 is 0 Å².